The van der Waals surface area contributed by atoms with Gasteiger partial charge in [0.1, 0.15) is 5.69 Å². The van der Waals surface area contributed by atoms with Gasteiger partial charge in [0.2, 0.25) is 0 Å². The Balaban J connectivity index is 2.01. The van der Waals surface area contributed by atoms with Crippen molar-refractivity contribution in [2.45, 2.75) is 6.10 Å². The summed E-state index contributed by atoms with van der Waals surface area (Å²) in [5.41, 5.74) is 0.435. The number of nitrogens with one attached hydrogen (secondary N) is 2. The van der Waals surface area contributed by atoms with Gasteiger partial charge < -0.3 is 15.4 Å². The fourth-order valence-electron chi connectivity index (χ4n) is 1.78. The number of halogens is 1. The molecular weight excluding hydrogens is 258 g/mol. The first kappa shape index (κ1) is 13.1. The van der Waals surface area contributed by atoms with Crippen LogP contribution in [-0.2, 0) is 4.74 Å². The van der Waals surface area contributed by atoms with Gasteiger partial charge in [-0.05, 0) is 12.1 Å². The molecule has 18 heavy (non-hydrogen) atoms. The Bertz CT molecular complexity index is 436. The predicted octanol–water partition coefficient (Wildman–Crippen LogP) is 1.65. The van der Waals surface area contributed by atoms with Crippen molar-refractivity contribution in [3.05, 3.63) is 33.3 Å². The predicted molar refractivity (Wildman–Crippen MR) is 69.2 cm³/mol. The van der Waals surface area contributed by atoms with Crippen molar-refractivity contribution in [3.8, 4) is 0 Å². The number of nitro benzene ring substituents is 1. The number of rotatable bonds is 4. The number of nitrogens with zero attached hydrogens (tertiary/aromatic N) is 1. The van der Waals surface area contributed by atoms with E-state index >= 15 is 0 Å². The largest absolute Gasteiger partial charge is 0.377 e. The monoisotopic (exact) mass is 271 g/mol. The molecule has 0 amide bonds. The van der Waals surface area contributed by atoms with E-state index in [-0.39, 0.29) is 11.8 Å². The van der Waals surface area contributed by atoms with Crippen LogP contribution < -0.4 is 10.6 Å². The van der Waals surface area contributed by atoms with Crippen LogP contribution in [0.3, 0.4) is 0 Å². The standard InChI is InChI=1S/C11H14ClN3O3/c12-8-1-2-10(11(5-8)15(16)17)14-7-9-6-13-3-4-18-9/h1-2,5,9,13-14H,3-4,6-7H2. The van der Waals surface area contributed by atoms with Crippen LogP contribution in [0.2, 0.25) is 5.02 Å². The van der Waals surface area contributed by atoms with Gasteiger partial charge in [-0.1, -0.05) is 11.6 Å². The zero-order chi connectivity index (χ0) is 13.0. The van der Waals surface area contributed by atoms with Crippen molar-refractivity contribution in [2.24, 2.45) is 0 Å². The molecule has 1 unspecified atom stereocenters. The lowest BCUT2D eigenvalue weighted by molar-refractivity contribution is -0.383. The van der Waals surface area contributed by atoms with Gasteiger partial charge in [0.25, 0.3) is 5.69 Å². The normalized spacial score (nSPS) is 19.5. The summed E-state index contributed by atoms with van der Waals surface area (Å²) in [5.74, 6) is 0. The van der Waals surface area contributed by atoms with E-state index in [0.29, 0.717) is 23.9 Å². The number of ether oxygens (including phenoxy) is 1. The summed E-state index contributed by atoms with van der Waals surface area (Å²) in [4.78, 5) is 10.4. The minimum absolute atomic E-state index is 0.0220. The fourth-order valence-corrected chi connectivity index (χ4v) is 1.95. The van der Waals surface area contributed by atoms with Crippen LogP contribution in [0.25, 0.3) is 0 Å². The summed E-state index contributed by atoms with van der Waals surface area (Å²) in [7, 11) is 0. The molecule has 0 aromatic heterocycles. The number of hydrogen-bond donors (Lipinski definition) is 2. The molecule has 6 nitrogen and oxygen atoms in total. The third-order valence-electron chi connectivity index (χ3n) is 2.68. The Morgan fingerprint density at radius 3 is 3.11 bits per heavy atom. The van der Waals surface area contributed by atoms with E-state index in [2.05, 4.69) is 10.6 Å². The summed E-state index contributed by atoms with van der Waals surface area (Å²) in [6.45, 7) is 2.77. The second-order valence-corrected chi connectivity index (χ2v) is 4.43. The molecule has 1 atom stereocenters. The van der Waals surface area contributed by atoms with E-state index in [1.54, 1.807) is 12.1 Å². The molecule has 0 saturated carbocycles. The van der Waals surface area contributed by atoms with E-state index < -0.39 is 4.92 Å². The van der Waals surface area contributed by atoms with Gasteiger partial charge in [-0.15, -0.1) is 0 Å². The molecular formula is C11H14ClN3O3. The molecule has 0 spiro atoms. The molecule has 0 aliphatic carbocycles. The highest BCUT2D eigenvalue weighted by molar-refractivity contribution is 6.30. The topological polar surface area (TPSA) is 76.4 Å². The molecule has 1 aromatic rings. The first-order chi connectivity index (χ1) is 8.66. The molecule has 1 aliphatic rings. The van der Waals surface area contributed by atoms with E-state index in [9.17, 15) is 10.1 Å². The van der Waals surface area contributed by atoms with Crippen molar-refractivity contribution in [1.82, 2.24) is 5.32 Å². The molecule has 1 aliphatic heterocycles. The van der Waals surface area contributed by atoms with Crippen molar-refractivity contribution >= 4 is 23.0 Å². The zero-order valence-corrected chi connectivity index (χ0v) is 10.4. The first-order valence-electron chi connectivity index (χ1n) is 5.67. The maximum absolute atomic E-state index is 10.9. The minimum atomic E-state index is -0.450. The van der Waals surface area contributed by atoms with Crippen molar-refractivity contribution < 1.29 is 9.66 Å². The number of nitro groups is 1. The van der Waals surface area contributed by atoms with Gasteiger partial charge in [-0.3, -0.25) is 10.1 Å². The van der Waals surface area contributed by atoms with E-state index in [1.807, 2.05) is 0 Å². The molecule has 2 N–H and O–H groups in total. The quantitative estimate of drug-likeness (QED) is 0.643. The minimum Gasteiger partial charge on any atom is -0.377 e. The lowest BCUT2D eigenvalue weighted by Crippen LogP contribution is -2.42. The second kappa shape index (κ2) is 5.99. The van der Waals surface area contributed by atoms with Crippen LogP contribution in [0.5, 0.6) is 0 Å². The number of morpholine rings is 1. The van der Waals surface area contributed by atoms with E-state index in [0.717, 1.165) is 13.1 Å². The van der Waals surface area contributed by atoms with Crippen molar-refractivity contribution in [2.75, 3.05) is 31.6 Å². The Morgan fingerprint density at radius 1 is 1.61 bits per heavy atom. The van der Waals surface area contributed by atoms with Crippen LogP contribution in [0, 0.1) is 10.1 Å². The van der Waals surface area contributed by atoms with Gasteiger partial charge in [-0.25, -0.2) is 0 Å². The third kappa shape index (κ3) is 3.32. The number of anilines is 1. The molecule has 1 heterocycles. The highest BCUT2D eigenvalue weighted by atomic mass is 35.5. The average Bonchev–Trinajstić information content (AvgIpc) is 2.38. The van der Waals surface area contributed by atoms with Gasteiger partial charge in [-0.2, -0.15) is 0 Å². The Labute approximate surface area is 109 Å². The molecule has 1 saturated heterocycles. The summed E-state index contributed by atoms with van der Waals surface area (Å²) < 4.78 is 5.50. The van der Waals surface area contributed by atoms with Gasteiger partial charge in [0, 0.05) is 30.7 Å². The molecule has 1 aromatic carbocycles. The molecule has 7 heteroatoms. The fraction of sp³-hybridized carbons (Fsp3) is 0.455. The zero-order valence-electron chi connectivity index (χ0n) is 9.69. The van der Waals surface area contributed by atoms with Crippen LogP contribution in [0.15, 0.2) is 18.2 Å². The first-order valence-corrected chi connectivity index (χ1v) is 6.05. The van der Waals surface area contributed by atoms with Crippen LogP contribution in [-0.4, -0.2) is 37.3 Å². The average molecular weight is 272 g/mol. The maximum atomic E-state index is 10.9. The molecule has 0 bridgehead atoms. The molecule has 2 rings (SSSR count). The van der Waals surface area contributed by atoms with Crippen molar-refractivity contribution in [1.29, 1.82) is 0 Å². The molecule has 0 radical (unpaired) electrons. The summed E-state index contributed by atoms with van der Waals surface area (Å²) in [6, 6.07) is 4.57. The maximum Gasteiger partial charge on any atom is 0.293 e. The van der Waals surface area contributed by atoms with Crippen LogP contribution in [0.4, 0.5) is 11.4 Å². The highest BCUT2D eigenvalue weighted by Gasteiger charge is 2.17. The van der Waals surface area contributed by atoms with Gasteiger partial charge in [0.15, 0.2) is 0 Å². The van der Waals surface area contributed by atoms with Crippen molar-refractivity contribution in [3.63, 3.8) is 0 Å². The summed E-state index contributed by atoms with van der Waals surface area (Å²) in [5, 5.41) is 17.5. The lowest BCUT2D eigenvalue weighted by Gasteiger charge is -2.24. The summed E-state index contributed by atoms with van der Waals surface area (Å²) >= 11 is 5.74. The van der Waals surface area contributed by atoms with E-state index in [1.165, 1.54) is 6.07 Å². The van der Waals surface area contributed by atoms with E-state index in [4.69, 9.17) is 16.3 Å². The van der Waals surface area contributed by atoms with Crippen LogP contribution >= 0.6 is 11.6 Å². The summed E-state index contributed by atoms with van der Waals surface area (Å²) in [6.07, 6.45) is 0.0223. The Kier molecular flexibility index (Phi) is 4.35. The molecule has 1 fully saturated rings. The molecule has 98 valence electrons. The smallest absolute Gasteiger partial charge is 0.293 e. The van der Waals surface area contributed by atoms with Gasteiger partial charge >= 0.3 is 0 Å². The Morgan fingerprint density at radius 2 is 2.44 bits per heavy atom. The number of benzene rings is 1. The number of hydrogen-bond acceptors (Lipinski definition) is 5. The second-order valence-electron chi connectivity index (χ2n) is 4.00. The highest BCUT2D eigenvalue weighted by Crippen LogP contribution is 2.27. The Hall–Kier alpha value is -1.37. The SMILES string of the molecule is O=[N+]([O-])c1cc(Cl)ccc1NCC1CNCCO1. The third-order valence-corrected chi connectivity index (χ3v) is 2.92. The lowest BCUT2D eigenvalue weighted by atomic mass is 10.2. The van der Waals surface area contributed by atoms with Gasteiger partial charge in [0.05, 0.1) is 17.6 Å². The van der Waals surface area contributed by atoms with Crippen LogP contribution in [0.1, 0.15) is 0 Å².